The molecule has 4 nitrogen and oxygen atoms in total. The van der Waals surface area contributed by atoms with E-state index in [9.17, 15) is 4.79 Å². The summed E-state index contributed by atoms with van der Waals surface area (Å²) in [5.41, 5.74) is 2.65. The molecule has 1 saturated heterocycles. The largest absolute Gasteiger partial charge is 0.465 e. The fourth-order valence-electron chi connectivity index (χ4n) is 2.09. The summed E-state index contributed by atoms with van der Waals surface area (Å²) in [6.07, 6.45) is 2.52. The zero-order valence-corrected chi connectivity index (χ0v) is 10.9. The highest BCUT2D eigenvalue weighted by atomic mass is 16.5. The highest BCUT2D eigenvalue weighted by Crippen LogP contribution is 2.19. The Morgan fingerprint density at radius 2 is 2.39 bits per heavy atom. The lowest BCUT2D eigenvalue weighted by Gasteiger charge is -2.14. The number of carbonyl (C=O) groups excluding carboxylic acids is 1. The molecule has 98 valence electrons. The Bertz CT molecular complexity index is 425. The molecule has 0 aliphatic carbocycles. The molecule has 0 radical (unpaired) electrons. The van der Waals surface area contributed by atoms with E-state index in [1.54, 1.807) is 6.07 Å². The van der Waals surface area contributed by atoms with Crippen molar-refractivity contribution in [2.45, 2.75) is 25.9 Å². The molecule has 0 spiro atoms. The number of esters is 1. The van der Waals surface area contributed by atoms with Crippen LogP contribution in [0.3, 0.4) is 0 Å². The van der Waals surface area contributed by atoms with E-state index in [2.05, 4.69) is 5.32 Å². The lowest BCUT2D eigenvalue weighted by atomic mass is 10.1. The van der Waals surface area contributed by atoms with E-state index in [0.717, 1.165) is 37.2 Å². The zero-order chi connectivity index (χ0) is 13.0. The fourth-order valence-corrected chi connectivity index (χ4v) is 2.09. The number of rotatable bonds is 4. The van der Waals surface area contributed by atoms with E-state index >= 15 is 0 Å². The van der Waals surface area contributed by atoms with E-state index in [1.165, 1.54) is 7.11 Å². The maximum Gasteiger partial charge on any atom is 0.337 e. The van der Waals surface area contributed by atoms with Gasteiger partial charge in [0.05, 0.1) is 18.8 Å². The summed E-state index contributed by atoms with van der Waals surface area (Å²) in [7, 11) is 1.39. The summed E-state index contributed by atoms with van der Waals surface area (Å²) >= 11 is 0. The Hall–Kier alpha value is -1.55. The van der Waals surface area contributed by atoms with Crippen molar-refractivity contribution in [3.63, 3.8) is 0 Å². The average molecular weight is 249 g/mol. The predicted octanol–water partition coefficient (Wildman–Crippen LogP) is 2.37. The van der Waals surface area contributed by atoms with Crippen LogP contribution in [0.25, 0.3) is 0 Å². The van der Waals surface area contributed by atoms with E-state index in [0.29, 0.717) is 5.56 Å². The molecular weight excluding hydrogens is 230 g/mol. The highest BCUT2D eigenvalue weighted by molar-refractivity contribution is 5.90. The minimum absolute atomic E-state index is 0.284. The number of ether oxygens (including phenoxy) is 2. The molecule has 1 aliphatic heterocycles. The third-order valence-electron chi connectivity index (χ3n) is 3.20. The normalized spacial score (nSPS) is 18.7. The zero-order valence-electron chi connectivity index (χ0n) is 10.9. The molecule has 0 amide bonds. The van der Waals surface area contributed by atoms with Crippen LogP contribution in [-0.4, -0.2) is 32.3 Å². The molecule has 4 heteroatoms. The van der Waals surface area contributed by atoms with Gasteiger partial charge < -0.3 is 14.8 Å². The number of anilines is 1. The lowest BCUT2D eigenvalue weighted by Crippen LogP contribution is -2.19. The molecule has 1 N–H and O–H groups in total. The quantitative estimate of drug-likeness (QED) is 0.832. The number of carbonyl (C=O) groups is 1. The molecule has 1 unspecified atom stereocenters. The summed E-state index contributed by atoms with van der Waals surface area (Å²) in [6.45, 7) is 3.65. The van der Waals surface area contributed by atoms with Crippen molar-refractivity contribution in [3.05, 3.63) is 29.3 Å². The first-order valence-electron chi connectivity index (χ1n) is 6.25. The SMILES string of the molecule is COC(=O)c1ccc(C)c(NCC2CCCO2)c1. The van der Waals surface area contributed by atoms with Crippen molar-refractivity contribution < 1.29 is 14.3 Å². The summed E-state index contributed by atoms with van der Waals surface area (Å²) in [4.78, 5) is 11.5. The van der Waals surface area contributed by atoms with Crippen LogP contribution in [0.15, 0.2) is 18.2 Å². The van der Waals surface area contributed by atoms with E-state index in [4.69, 9.17) is 9.47 Å². The van der Waals surface area contributed by atoms with Crippen molar-refractivity contribution in [1.82, 2.24) is 0 Å². The third kappa shape index (κ3) is 3.01. The van der Waals surface area contributed by atoms with Crippen LogP contribution >= 0.6 is 0 Å². The van der Waals surface area contributed by atoms with Gasteiger partial charge in [-0.3, -0.25) is 0 Å². The molecule has 1 heterocycles. The second-order valence-corrected chi connectivity index (χ2v) is 4.54. The molecule has 18 heavy (non-hydrogen) atoms. The molecule has 0 saturated carbocycles. The van der Waals surface area contributed by atoms with E-state index in [-0.39, 0.29) is 12.1 Å². The Morgan fingerprint density at radius 3 is 3.06 bits per heavy atom. The minimum atomic E-state index is -0.310. The van der Waals surface area contributed by atoms with Gasteiger partial charge in [0.25, 0.3) is 0 Å². The second-order valence-electron chi connectivity index (χ2n) is 4.54. The van der Waals surface area contributed by atoms with Crippen molar-refractivity contribution in [1.29, 1.82) is 0 Å². The van der Waals surface area contributed by atoms with Gasteiger partial charge in [-0.2, -0.15) is 0 Å². The van der Waals surface area contributed by atoms with E-state index in [1.807, 2.05) is 19.1 Å². The number of hydrogen-bond donors (Lipinski definition) is 1. The van der Waals surface area contributed by atoms with Gasteiger partial charge in [0.2, 0.25) is 0 Å². The molecule has 0 bridgehead atoms. The van der Waals surface area contributed by atoms with Gasteiger partial charge in [-0.05, 0) is 37.5 Å². The highest BCUT2D eigenvalue weighted by Gasteiger charge is 2.15. The Balaban J connectivity index is 2.03. The van der Waals surface area contributed by atoms with Crippen LogP contribution in [0.2, 0.25) is 0 Å². The minimum Gasteiger partial charge on any atom is -0.465 e. The van der Waals surface area contributed by atoms with Crippen molar-refractivity contribution in [3.8, 4) is 0 Å². The number of benzene rings is 1. The van der Waals surface area contributed by atoms with Crippen molar-refractivity contribution in [2.75, 3.05) is 25.6 Å². The van der Waals surface area contributed by atoms with Gasteiger partial charge in [0.1, 0.15) is 0 Å². The van der Waals surface area contributed by atoms with Crippen molar-refractivity contribution >= 4 is 11.7 Å². The number of methoxy groups -OCH3 is 1. The van der Waals surface area contributed by atoms with Crippen LogP contribution in [0.1, 0.15) is 28.8 Å². The first kappa shape index (κ1) is 12.9. The van der Waals surface area contributed by atoms with Crippen LogP contribution < -0.4 is 5.32 Å². The summed E-state index contributed by atoms with van der Waals surface area (Å²) in [5.74, 6) is -0.310. The summed E-state index contributed by atoms with van der Waals surface area (Å²) < 4.78 is 10.3. The molecule has 1 aliphatic rings. The number of aryl methyl sites for hydroxylation is 1. The third-order valence-corrected chi connectivity index (χ3v) is 3.20. The monoisotopic (exact) mass is 249 g/mol. The first-order valence-corrected chi connectivity index (χ1v) is 6.25. The van der Waals surface area contributed by atoms with Crippen LogP contribution in [0.5, 0.6) is 0 Å². The summed E-state index contributed by atoms with van der Waals surface area (Å²) in [5, 5.41) is 3.34. The second kappa shape index (κ2) is 5.87. The first-order chi connectivity index (χ1) is 8.70. The lowest BCUT2D eigenvalue weighted by molar-refractivity contribution is 0.0601. The van der Waals surface area contributed by atoms with Crippen molar-refractivity contribution in [2.24, 2.45) is 0 Å². The molecule has 2 rings (SSSR count). The molecule has 0 aromatic heterocycles. The number of hydrogen-bond acceptors (Lipinski definition) is 4. The smallest absolute Gasteiger partial charge is 0.337 e. The Labute approximate surface area is 107 Å². The molecule has 1 atom stereocenters. The average Bonchev–Trinajstić information content (AvgIpc) is 2.90. The predicted molar refractivity (Wildman–Crippen MR) is 70.0 cm³/mol. The molecule has 1 fully saturated rings. The standard InChI is InChI=1S/C14H19NO3/c1-10-5-6-11(14(16)17-2)8-13(10)15-9-12-4-3-7-18-12/h5-6,8,12,15H,3-4,7,9H2,1-2H3. The number of nitrogens with one attached hydrogen (secondary N) is 1. The van der Waals surface area contributed by atoms with Gasteiger partial charge in [0, 0.05) is 18.8 Å². The fraction of sp³-hybridized carbons (Fsp3) is 0.500. The van der Waals surface area contributed by atoms with Gasteiger partial charge in [-0.1, -0.05) is 6.07 Å². The Morgan fingerprint density at radius 1 is 1.56 bits per heavy atom. The molecule has 1 aromatic rings. The molecular formula is C14H19NO3. The van der Waals surface area contributed by atoms with Gasteiger partial charge in [-0.15, -0.1) is 0 Å². The van der Waals surface area contributed by atoms with Gasteiger partial charge >= 0.3 is 5.97 Å². The van der Waals surface area contributed by atoms with Crippen LogP contribution in [0.4, 0.5) is 5.69 Å². The van der Waals surface area contributed by atoms with Crippen LogP contribution in [0, 0.1) is 6.92 Å². The van der Waals surface area contributed by atoms with E-state index < -0.39 is 0 Å². The summed E-state index contributed by atoms with van der Waals surface area (Å²) in [6, 6.07) is 5.53. The maximum atomic E-state index is 11.5. The van der Waals surface area contributed by atoms with Crippen LogP contribution in [-0.2, 0) is 9.47 Å². The van der Waals surface area contributed by atoms with Gasteiger partial charge in [0.15, 0.2) is 0 Å². The topological polar surface area (TPSA) is 47.6 Å². The van der Waals surface area contributed by atoms with Gasteiger partial charge in [-0.25, -0.2) is 4.79 Å². The Kier molecular flexibility index (Phi) is 4.20. The molecule has 1 aromatic carbocycles. The maximum absolute atomic E-state index is 11.5.